The Hall–Kier alpha value is -3.64. The number of aldehydes is 1. The van der Waals surface area contributed by atoms with Gasteiger partial charge in [-0.05, 0) is 72.1 Å². The molecule has 0 radical (unpaired) electrons. The van der Waals surface area contributed by atoms with Crippen LogP contribution in [0.1, 0.15) is 18.1 Å². The van der Waals surface area contributed by atoms with E-state index in [1.165, 1.54) is 0 Å². The van der Waals surface area contributed by atoms with E-state index in [0.717, 1.165) is 63.8 Å². The average molecular weight is 441 g/mol. The van der Waals surface area contributed by atoms with Crippen molar-refractivity contribution in [2.75, 3.05) is 36.9 Å². The van der Waals surface area contributed by atoms with Gasteiger partial charge in [0.05, 0.1) is 24.4 Å². The summed E-state index contributed by atoms with van der Waals surface area (Å²) in [5.74, 6) is 0.535. The largest absolute Gasteiger partial charge is 0.382 e. The fourth-order valence-electron chi connectivity index (χ4n) is 4.87. The Bertz CT molecular complexity index is 1290. The number of pyridine rings is 1. The second kappa shape index (κ2) is 8.37. The van der Waals surface area contributed by atoms with Crippen molar-refractivity contribution in [1.29, 1.82) is 0 Å². The molecule has 1 fully saturated rings. The highest BCUT2D eigenvalue weighted by atomic mass is 16.5. The van der Waals surface area contributed by atoms with Crippen LogP contribution in [0.3, 0.4) is 0 Å². The maximum Gasteiger partial charge on any atom is 0.154 e. The number of rotatable bonds is 4. The summed E-state index contributed by atoms with van der Waals surface area (Å²) >= 11 is 0. The van der Waals surface area contributed by atoms with Crippen LogP contribution in [-0.2, 0) is 15.1 Å². The van der Waals surface area contributed by atoms with Crippen LogP contribution in [0.5, 0.6) is 0 Å². The van der Waals surface area contributed by atoms with E-state index in [1.54, 1.807) is 0 Å². The van der Waals surface area contributed by atoms with Crippen LogP contribution in [-0.4, -0.2) is 37.6 Å². The predicted molar refractivity (Wildman–Crippen MR) is 133 cm³/mol. The lowest BCUT2D eigenvalue weighted by Crippen LogP contribution is -2.44. The minimum atomic E-state index is -0.899. The van der Waals surface area contributed by atoms with Gasteiger partial charge in [-0.1, -0.05) is 30.3 Å². The Morgan fingerprint density at radius 2 is 1.97 bits per heavy atom. The number of ether oxygens (including phenoxy) is 1. The van der Waals surface area contributed by atoms with Crippen LogP contribution >= 0.6 is 0 Å². The molecule has 168 valence electrons. The van der Waals surface area contributed by atoms with Crippen LogP contribution in [0.4, 0.5) is 11.5 Å². The molecule has 1 unspecified atom stereocenters. The van der Waals surface area contributed by atoms with Gasteiger partial charge in [0.25, 0.3) is 0 Å². The van der Waals surface area contributed by atoms with E-state index in [9.17, 15) is 4.79 Å². The molecule has 6 nitrogen and oxygen atoms in total. The molecule has 1 saturated heterocycles. The zero-order valence-electron chi connectivity index (χ0n) is 19.0. The van der Waals surface area contributed by atoms with Gasteiger partial charge in [0, 0.05) is 18.5 Å². The first kappa shape index (κ1) is 21.2. The minimum Gasteiger partial charge on any atom is -0.382 e. The number of nitrogens with zero attached hydrogens (tertiary/aromatic N) is 2. The molecule has 0 saturated carbocycles. The van der Waals surface area contributed by atoms with Gasteiger partial charge >= 0.3 is 0 Å². The Morgan fingerprint density at radius 1 is 1.15 bits per heavy atom. The zero-order valence-corrected chi connectivity index (χ0v) is 19.0. The average Bonchev–Trinajstić information content (AvgIpc) is 2.84. The molecule has 2 aliphatic heterocycles. The standard InChI is InChI=1S/C27H28N4O2/c1-18-5-3-7-22(27(17-32)19(2)6-4-10-29-27)25(18)20-8-9-23-21(15-20)16-24(26(28)30-23)31-11-13-33-14-12-31/h3-10,15-17,29H,11-14H2,1-2H3,(H2,28,30). The first-order valence-electron chi connectivity index (χ1n) is 11.2. The van der Waals surface area contributed by atoms with Crippen molar-refractivity contribution < 1.29 is 9.53 Å². The summed E-state index contributed by atoms with van der Waals surface area (Å²) in [5.41, 5.74) is 12.3. The van der Waals surface area contributed by atoms with E-state index in [-0.39, 0.29) is 0 Å². The molecule has 3 aromatic rings. The van der Waals surface area contributed by atoms with Crippen molar-refractivity contribution in [3.63, 3.8) is 0 Å². The molecule has 6 heteroatoms. The number of aryl methyl sites for hydroxylation is 1. The smallest absolute Gasteiger partial charge is 0.154 e. The number of benzene rings is 2. The van der Waals surface area contributed by atoms with Crippen LogP contribution in [0.2, 0.25) is 0 Å². The molecular weight excluding hydrogens is 412 g/mol. The zero-order chi connectivity index (χ0) is 23.0. The third kappa shape index (κ3) is 3.56. The quantitative estimate of drug-likeness (QED) is 0.595. The Balaban J connectivity index is 1.67. The number of morpholine rings is 1. The van der Waals surface area contributed by atoms with E-state index in [1.807, 2.05) is 43.5 Å². The van der Waals surface area contributed by atoms with Crippen LogP contribution in [0.15, 0.2) is 66.4 Å². The van der Waals surface area contributed by atoms with Gasteiger partial charge in [-0.15, -0.1) is 0 Å². The molecule has 2 aliphatic rings. The molecule has 0 amide bonds. The number of hydrogen-bond acceptors (Lipinski definition) is 6. The number of nitrogens with two attached hydrogens (primary N) is 1. The van der Waals surface area contributed by atoms with E-state index < -0.39 is 5.54 Å². The number of carbonyl (C=O) groups excluding carboxylic acids is 1. The first-order valence-corrected chi connectivity index (χ1v) is 11.2. The number of fused-ring (bicyclic) bond motifs is 1. The maximum absolute atomic E-state index is 12.5. The van der Waals surface area contributed by atoms with Gasteiger partial charge in [-0.25, -0.2) is 4.98 Å². The second-order valence-electron chi connectivity index (χ2n) is 8.68. The Labute approximate surface area is 193 Å². The first-order chi connectivity index (χ1) is 16.0. The Kier molecular flexibility index (Phi) is 5.38. The van der Waals surface area contributed by atoms with Crippen molar-refractivity contribution >= 4 is 28.7 Å². The molecule has 5 rings (SSSR count). The predicted octanol–water partition coefficient (Wildman–Crippen LogP) is 4.09. The van der Waals surface area contributed by atoms with Crippen molar-refractivity contribution in [2.45, 2.75) is 19.4 Å². The molecule has 3 heterocycles. The minimum absolute atomic E-state index is 0.535. The van der Waals surface area contributed by atoms with Gasteiger partial charge < -0.3 is 20.7 Å². The number of carbonyl (C=O) groups is 1. The van der Waals surface area contributed by atoms with Crippen LogP contribution in [0.25, 0.3) is 22.0 Å². The second-order valence-corrected chi connectivity index (χ2v) is 8.68. The molecule has 1 atom stereocenters. The summed E-state index contributed by atoms with van der Waals surface area (Å²) in [5, 5.41) is 4.33. The van der Waals surface area contributed by atoms with Crippen LogP contribution in [0, 0.1) is 6.92 Å². The number of dihydropyridines is 1. The molecule has 33 heavy (non-hydrogen) atoms. The van der Waals surface area contributed by atoms with Gasteiger partial charge in [0.1, 0.15) is 11.4 Å². The molecular formula is C27H28N4O2. The van der Waals surface area contributed by atoms with Crippen molar-refractivity contribution in [3.05, 3.63) is 77.5 Å². The number of hydrogen-bond donors (Lipinski definition) is 2. The van der Waals surface area contributed by atoms with E-state index >= 15 is 0 Å². The molecule has 2 aromatic carbocycles. The van der Waals surface area contributed by atoms with Crippen molar-refractivity contribution in [2.24, 2.45) is 0 Å². The van der Waals surface area contributed by atoms with Crippen molar-refractivity contribution in [3.8, 4) is 11.1 Å². The maximum atomic E-state index is 12.5. The molecule has 3 N–H and O–H groups in total. The summed E-state index contributed by atoms with van der Waals surface area (Å²) < 4.78 is 5.49. The summed E-state index contributed by atoms with van der Waals surface area (Å²) in [6, 6.07) is 14.5. The molecule has 0 spiro atoms. The van der Waals surface area contributed by atoms with Gasteiger partial charge in [-0.3, -0.25) is 4.79 Å². The fourth-order valence-corrected chi connectivity index (χ4v) is 4.87. The highest BCUT2D eigenvalue weighted by molar-refractivity contribution is 5.92. The number of nitrogen functional groups attached to an aromatic ring is 1. The van der Waals surface area contributed by atoms with Crippen molar-refractivity contribution in [1.82, 2.24) is 10.3 Å². The normalized spacial score (nSPS) is 20.4. The molecule has 0 bridgehead atoms. The molecule has 0 aliphatic carbocycles. The highest BCUT2D eigenvalue weighted by Crippen LogP contribution is 2.39. The number of anilines is 2. The number of nitrogens with one attached hydrogen (secondary N) is 1. The van der Waals surface area contributed by atoms with E-state index in [0.29, 0.717) is 19.0 Å². The van der Waals surface area contributed by atoms with Gasteiger partial charge in [0.15, 0.2) is 6.29 Å². The molecule has 1 aromatic heterocycles. The lowest BCUT2D eigenvalue weighted by atomic mass is 9.78. The van der Waals surface area contributed by atoms with Crippen LogP contribution < -0.4 is 16.0 Å². The fraction of sp³-hybridized carbons (Fsp3) is 0.259. The number of allylic oxidation sites excluding steroid dienone is 2. The van der Waals surface area contributed by atoms with Gasteiger partial charge in [-0.2, -0.15) is 0 Å². The number of aromatic nitrogens is 1. The monoisotopic (exact) mass is 440 g/mol. The Morgan fingerprint density at radius 3 is 2.73 bits per heavy atom. The SMILES string of the molecule is CC1=CC=CNC1(C=O)c1cccc(C)c1-c1ccc2nc(N)c(N3CCOCC3)cc2c1. The summed E-state index contributed by atoms with van der Waals surface area (Å²) in [4.78, 5) is 19.4. The summed E-state index contributed by atoms with van der Waals surface area (Å²) in [7, 11) is 0. The van der Waals surface area contributed by atoms with E-state index in [2.05, 4.69) is 46.4 Å². The lowest BCUT2D eigenvalue weighted by molar-refractivity contribution is -0.112. The lowest BCUT2D eigenvalue weighted by Gasteiger charge is -2.34. The highest BCUT2D eigenvalue weighted by Gasteiger charge is 2.36. The topological polar surface area (TPSA) is 80.5 Å². The third-order valence-electron chi connectivity index (χ3n) is 6.71. The van der Waals surface area contributed by atoms with Gasteiger partial charge in [0.2, 0.25) is 0 Å². The summed E-state index contributed by atoms with van der Waals surface area (Å²) in [6.07, 6.45) is 6.74. The third-order valence-corrected chi connectivity index (χ3v) is 6.71. The summed E-state index contributed by atoms with van der Waals surface area (Å²) in [6.45, 7) is 7.04. The van der Waals surface area contributed by atoms with E-state index in [4.69, 9.17) is 10.5 Å².